The van der Waals surface area contributed by atoms with Crippen LogP contribution in [0.3, 0.4) is 0 Å². The van der Waals surface area contributed by atoms with Crippen molar-refractivity contribution in [2.24, 2.45) is 0 Å². The number of hydrogen-bond donors (Lipinski definition) is 1. The van der Waals surface area contributed by atoms with Gasteiger partial charge in [-0.3, -0.25) is 9.78 Å². The molecule has 4 aromatic rings. The predicted molar refractivity (Wildman–Crippen MR) is 115 cm³/mol. The zero-order valence-corrected chi connectivity index (χ0v) is 16.6. The second-order valence-corrected chi connectivity index (χ2v) is 7.85. The minimum absolute atomic E-state index is 0.190. The van der Waals surface area contributed by atoms with Crippen LogP contribution < -0.4 is 0 Å². The standard InChI is InChI=1S/C25H23N3O2/c29-16-30-22(13-19-7-3-6-17-5-1-2-9-21(17)19)23(20-8-4-12-26-14-20)25-24(18-10-11-18)27-15-28-25/h1-9,12,14-16,18,22-23H,10-11,13H2,(H,27,28). The van der Waals surface area contributed by atoms with Crippen molar-refractivity contribution in [2.75, 3.05) is 0 Å². The average Bonchev–Trinajstić information content (AvgIpc) is 3.53. The van der Waals surface area contributed by atoms with E-state index < -0.39 is 6.10 Å². The molecule has 2 aromatic heterocycles. The van der Waals surface area contributed by atoms with E-state index in [0.29, 0.717) is 18.8 Å². The first-order valence-electron chi connectivity index (χ1n) is 10.3. The number of aromatic nitrogens is 3. The number of benzene rings is 2. The van der Waals surface area contributed by atoms with Crippen molar-refractivity contribution in [2.45, 2.75) is 37.2 Å². The molecule has 5 rings (SSSR count). The maximum atomic E-state index is 11.5. The number of hydrogen-bond acceptors (Lipinski definition) is 4. The van der Waals surface area contributed by atoms with Crippen molar-refractivity contribution in [1.82, 2.24) is 15.0 Å². The van der Waals surface area contributed by atoms with Crippen LogP contribution in [0.4, 0.5) is 0 Å². The van der Waals surface area contributed by atoms with Gasteiger partial charge in [0.05, 0.1) is 17.9 Å². The summed E-state index contributed by atoms with van der Waals surface area (Å²) in [6.45, 7) is 0.558. The van der Waals surface area contributed by atoms with E-state index in [4.69, 9.17) is 4.74 Å². The molecule has 2 unspecified atom stereocenters. The summed E-state index contributed by atoms with van der Waals surface area (Å²) in [4.78, 5) is 23.9. The van der Waals surface area contributed by atoms with Gasteiger partial charge in [-0.2, -0.15) is 0 Å². The molecule has 0 saturated heterocycles. The van der Waals surface area contributed by atoms with Crippen molar-refractivity contribution in [3.63, 3.8) is 0 Å². The van der Waals surface area contributed by atoms with Crippen molar-refractivity contribution < 1.29 is 9.53 Å². The first-order chi connectivity index (χ1) is 14.8. The number of carbonyl (C=O) groups excluding carboxylic acids is 1. The molecule has 1 aliphatic rings. The monoisotopic (exact) mass is 397 g/mol. The number of nitrogens with zero attached hydrogens (tertiary/aromatic N) is 2. The Morgan fingerprint density at radius 3 is 2.77 bits per heavy atom. The Labute approximate surface area is 175 Å². The third-order valence-corrected chi connectivity index (χ3v) is 5.93. The summed E-state index contributed by atoms with van der Waals surface area (Å²) in [7, 11) is 0. The van der Waals surface area contributed by atoms with Gasteiger partial charge in [-0.05, 0) is 40.8 Å². The maximum absolute atomic E-state index is 11.5. The zero-order valence-electron chi connectivity index (χ0n) is 16.6. The molecule has 1 aliphatic carbocycles. The molecule has 1 fully saturated rings. The fourth-order valence-corrected chi connectivity index (χ4v) is 4.37. The smallest absolute Gasteiger partial charge is 0.293 e. The first kappa shape index (κ1) is 18.6. The molecule has 0 aliphatic heterocycles. The van der Waals surface area contributed by atoms with Crippen LogP contribution >= 0.6 is 0 Å². The molecule has 0 radical (unpaired) electrons. The SMILES string of the molecule is O=COC(Cc1cccc2ccccc12)C(c1cccnc1)c1nc[nH]c1C1CC1. The Hall–Kier alpha value is -3.47. The summed E-state index contributed by atoms with van der Waals surface area (Å²) in [6, 6.07) is 18.5. The molecule has 0 bridgehead atoms. The molecule has 1 saturated carbocycles. The van der Waals surface area contributed by atoms with Crippen molar-refractivity contribution >= 4 is 17.2 Å². The maximum Gasteiger partial charge on any atom is 0.293 e. The van der Waals surface area contributed by atoms with Gasteiger partial charge in [-0.15, -0.1) is 0 Å². The Morgan fingerprint density at radius 1 is 1.10 bits per heavy atom. The number of H-pyrrole nitrogens is 1. The zero-order chi connectivity index (χ0) is 20.3. The number of imidazole rings is 1. The molecule has 1 N–H and O–H groups in total. The summed E-state index contributed by atoms with van der Waals surface area (Å²) in [5.41, 5.74) is 4.26. The van der Waals surface area contributed by atoms with Crippen molar-refractivity contribution in [1.29, 1.82) is 0 Å². The van der Waals surface area contributed by atoms with E-state index in [1.807, 2.05) is 30.5 Å². The number of pyridine rings is 1. The highest BCUT2D eigenvalue weighted by atomic mass is 16.5. The molecule has 0 spiro atoms. The Kier molecular flexibility index (Phi) is 5.01. The molecule has 2 aromatic carbocycles. The lowest BCUT2D eigenvalue weighted by Crippen LogP contribution is -2.27. The molecule has 2 atom stereocenters. The minimum Gasteiger partial charge on any atom is -0.463 e. The highest BCUT2D eigenvalue weighted by molar-refractivity contribution is 5.85. The van der Waals surface area contributed by atoms with Gasteiger partial charge in [0.25, 0.3) is 6.47 Å². The van der Waals surface area contributed by atoms with Crippen LogP contribution in [0.1, 0.15) is 47.2 Å². The average molecular weight is 397 g/mol. The van der Waals surface area contributed by atoms with E-state index in [1.165, 1.54) is 10.8 Å². The quantitative estimate of drug-likeness (QED) is 0.436. The highest BCUT2D eigenvalue weighted by Gasteiger charge is 2.36. The first-order valence-corrected chi connectivity index (χ1v) is 10.3. The second-order valence-electron chi connectivity index (χ2n) is 7.85. The van der Waals surface area contributed by atoms with Gasteiger partial charge in [0.15, 0.2) is 0 Å². The van der Waals surface area contributed by atoms with Gasteiger partial charge in [-0.1, -0.05) is 48.5 Å². The van der Waals surface area contributed by atoms with Gasteiger partial charge >= 0.3 is 0 Å². The van der Waals surface area contributed by atoms with Gasteiger partial charge in [0.2, 0.25) is 0 Å². The number of carbonyl (C=O) groups is 1. The summed E-state index contributed by atoms with van der Waals surface area (Å²) in [5, 5.41) is 2.35. The fourth-order valence-electron chi connectivity index (χ4n) is 4.37. The largest absolute Gasteiger partial charge is 0.463 e. The lowest BCUT2D eigenvalue weighted by Gasteiger charge is -2.26. The Bertz CT molecular complexity index is 1150. The van der Waals surface area contributed by atoms with Crippen LogP contribution in [0.15, 0.2) is 73.3 Å². The molecule has 5 nitrogen and oxygen atoms in total. The van der Waals surface area contributed by atoms with Crippen LogP contribution in [0, 0.1) is 0 Å². The normalized spacial score (nSPS) is 15.6. The van der Waals surface area contributed by atoms with Crippen LogP contribution in [0.2, 0.25) is 0 Å². The van der Waals surface area contributed by atoms with E-state index >= 15 is 0 Å². The van der Waals surface area contributed by atoms with Crippen LogP contribution in [0.25, 0.3) is 10.8 Å². The molecule has 150 valence electrons. The molecular formula is C25H23N3O2. The number of fused-ring (bicyclic) bond motifs is 1. The van der Waals surface area contributed by atoms with Gasteiger partial charge in [0, 0.05) is 30.4 Å². The predicted octanol–water partition coefficient (Wildman–Crippen LogP) is 4.75. The summed E-state index contributed by atoms with van der Waals surface area (Å²) < 4.78 is 5.73. The van der Waals surface area contributed by atoms with Gasteiger partial charge in [0.1, 0.15) is 6.10 Å². The number of aromatic amines is 1. The van der Waals surface area contributed by atoms with E-state index in [0.717, 1.165) is 35.4 Å². The van der Waals surface area contributed by atoms with E-state index in [2.05, 4.69) is 45.3 Å². The van der Waals surface area contributed by atoms with Crippen LogP contribution in [-0.2, 0) is 16.0 Å². The third kappa shape index (κ3) is 3.59. The van der Waals surface area contributed by atoms with Crippen LogP contribution in [0.5, 0.6) is 0 Å². The highest BCUT2D eigenvalue weighted by Crippen LogP contribution is 2.44. The molecule has 2 heterocycles. The molecular weight excluding hydrogens is 374 g/mol. The van der Waals surface area contributed by atoms with Gasteiger partial charge < -0.3 is 9.72 Å². The van der Waals surface area contributed by atoms with E-state index in [-0.39, 0.29) is 5.92 Å². The molecule has 5 heteroatoms. The summed E-state index contributed by atoms with van der Waals surface area (Å²) >= 11 is 0. The number of ether oxygens (including phenoxy) is 1. The fraction of sp³-hybridized carbons (Fsp3) is 0.240. The second kappa shape index (κ2) is 8.11. The van der Waals surface area contributed by atoms with Crippen molar-refractivity contribution in [3.8, 4) is 0 Å². The summed E-state index contributed by atoms with van der Waals surface area (Å²) in [5.74, 6) is 0.320. The van der Waals surface area contributed by atoms with Crippen LogP contribution in [-0.4, -0.2) is 27.5 Å². The topological polar surface area (TPSA) is 67.9 Å². The van der Waals surface area contributed by atoms with Crippen molar-refractivity contribution in [3.05, 3.63) is 95.8 Å². The van der Waals surface area contributed by atoms with E-state index in [1.54, 1.807) is 12.5 Å². The number of rotatable bonds is 8. The van der Waals surface area contributed by atoms with Gasteiger partial charge in [-0.25, -0.2) is 4.98 Å². The third-order valence-electron chi connectivity index (χ3n) is 5.93. The molecule has 30 heavy (non-hydrogen) atoms. The Morgan fingerprint density at radius 2 is 1.97 bits per heavy atom. The lowest BCUT2D eigenvalue weighted by atomic mass is 9.85. The van der Waals surface area contributed by atoms with E-state index in [9.17, 15) is 4.79 Å². The Balaban J connectivity index is 1.59. The lowest BCUT2D eigenvalue weighted by molar-refractivity contribution is -0.134. The minimum atomic E-state index is -0.390. The summed E-state index contributed by atoms with van der Waals surface area (Å²) in [6.07, 6.45) is 7.89. The molecule has 0 amide bonds. The number of nitrogens with one attached hydrogen (secondary N) is 1.